The Morgan fingerprint density at radius 3 is 2.60 bits per heavy atom. The van der Waals surface area contributed by atoms with Gasteiger partial charge in [-0.05, 0) is 45.0 Å². The highest BCUT2D eigenvalue weighted by atomic mass is 35.5. The van der Waals surface area contributed by atoms with Crippen LogP contribution in [0.2, 0.25) is 5.02 Å². The minimum atomic E-state index is -0.543. The number of hydrogen-bond donors (Lipinski definition) is 1. The van der Waals surface area contributed by atoms with Gasteiger partial charge in [-0.3, -0.25) is 9.88 Å². The van der Waals surface area contributed by atoms with Crippen LogP contribution in [0.25, 0.3) is 16.0 Å². The second-order valence-electron chi connectivity index (χ2n) is 7.95. The van der Waals surface area contributed by atoms with Crippen molar-refractivity contribution in [1.29, 1.82) is 0 Å². The molecule has 2 heterocycles. The fraction of sp³-hybridized carbons (Fsp3) is 0.240. The summed E-state index contributed by atoms with van der Waals surface area (Å²) in [7, 11) is 1.32. The second-order valence-corrected chi connectivity index (χ2v) is 9.39. The highest BCUT2D eigenvalue weighted by Crippen LogP contribution is 2.37. The molecule has 4 rings (SSSR count). The van der Waals surface area contributed by atoms with E-state index in [1.54, 1.807) is 50.5 Å². The Labute approximate surface area is 211 Å². The van der Waals surface area contributed by atoms with Crippen LogP contribution in [-0.4, -0.2) is 34.8 Å². The van der Waals surface area contributed by atoms with Crippen molar-refractivity contribution in [3.05, 3.63) is 70.3 Å². The summed E-state index contributed by atoms with van der Waals surface area (Å²) >= 11 is 7.54. The molecule has 0 bridgehead atoms. The van der Waals surface area contributed by atoms with E-state index in [0.717, 1.165) is 11.1 Å². The van der Waals surface area contributed by atoms with E-state index in [4.69, 9.17) is 25.8 Å². The molecule has 0 fully saturated rings. The van der Waals surface area contributed by atoms with E-state index in [2.05, 4.69) is 10.3 Å². The number of imidazole rings is 1. The van der Waals surface area contributed by atoms with Crippen molar-refractivity contribution in [2.24, 2.45) is 0 Å². The lowest BCUT2D eigenvalue weighted by Gasteiger charge is -2.16. The van der Waals surface area contributed by atoms with Crippen LogP contribution in [0, 0.1) is 0 Å². The lowest BCUT2D eigenvalue weighted by Crippen LogP contribution is -2.17. The number of benzene rings is 2. The number of nitrogens with one attached hydrogen (secondary N) is 1. The minimum absolute atomic E-state index is 0.237. The number of amides is 1. The van der Waals surface area contributed by atoms with Gasteiger partial charge >= 0.3 is 12.1 Å². The molecule has 0 aliphatic rings. The molecule has 0 aliphatic heterocycles. The van der Waals surface area contributed by atoms with Gasteiger partial charge in [-0.1, -0.05) is 29.8 Å². The number of rotatable bonds is 7. The van der Waals surface area contributed by atoms with Gasteiger partial charge in [-0.2, -0.15) is 0 Å². The van der Waals surface area contributed by atoms with Crippen LogP contribution in [0.1, 0.15) is 42.1 Å². The normalized spacial score (nSPS) is 11.9. The molecule has 1 atom stereocenters. The summed E-state index contributed by atoms with van der Waals surface area (Å²) in [6.45, 7) is 5.42. The highest BCUT2D eigenvalue weighted by Gasteiger charge is 2.23. The Morgan fingerprint density at radius 2 is 1.89 bits per heavy atom. The van der Waals surface area contributed by atoms with Gasteiger partial charge in [0, 0.05) is 22.3 Å². The monoisotopic (exact) mass is 513 g/mol. The summed E-state index contributed by atoms with van der Waals surface area (Å²) in [5.41, 5.74) is 2.80. The van der Waals surface area contributed by atoms with Gasteiger partial charge in [0.05, 0.1) is 24.2 Å². The molecule has 0 aliphatic carbocycles. The summed E-state index contributed by atoms with van der Waals surface area (Å²) in [5.74, 6) is -0.133. The number of carbonyl (C=O) groups is 2. The first-order valence-corrected chi connectivity index (χ1v) is 12.0. The van der Waals surface area contributed by atoms with E-state index in [1.807, 2.05) is 29.7 Å². The number of halogens is 1. The molecule has 10 heteroatoms. The van der Waals surface area contributed by atoms with E-state index in [9.17, 15) is 9.59 Å². The SMILES string of the molecule is COC(=O)c1sc(-n2cnc3ccc(NC(=O)OC(C)C)cc32)cc1OC(C)c1ccccc1Cl. The Kier molecular flexibility index (Phi) is 7.28. The first-order valence-electron chi connectivity index (χ1n) is 10.8. The third-order valence-corrected chi connectivity index (χ3v) is 6.52. The number of carbonyl (C=O) groups excluding carboxylic acids is 2. The zero-order valence-electron chi connectivity index (χ0n) is 19.6. The number of fused-ring (bicyclic) bond motifs is 1. The van der Waals surface area contributed by atoms with Crippen LogP contribution in [-0.2, 0) is 9.47 Å². The quantitative estimate of drug-likeness (QED) is 0.279. The first kappa shape index (κ1) is 24.6. The van der Waals surface area contributed by atoms with E-state index in [-0.39, 0.29) is 6.10 Å². The third-order valence-electron chi connectivity index (χ3n) is 5.08. The van der Waals surface area contributed by atoms with Crippen molar-refractivity contribution in [3.8, 4) is 10.8 Å². The van der Waals surface area contributed by atoms with E-state index < -0.39 is 18.2 Å². The van der Waals surface area contributed by atoms with Crippen molar-refractivity contribution in [1.82, 2.24) is 9.55 Å². The predicted octanol–water partition coefficient (Wildman–Crippen LogP) is 6.62. The lowest BCUT2D eigenvalue weighted by molar-refractivity contribution is 0.0600. The summed E-state index contributed by atoms with van der Waals surface area (Å²) in [6, 6.07) is 14.5. The Balaban J connectivity index is 1.69. The minimum Gasteiger partial charge on any atom is -0.484 e. The number of thiophene rings is 1. The number of anilines is 1. The number of esters is 1. The standard InChI is InChI=1S/C25H24ClN3O5S/c1-14(2)33-25(31)28-16-9-10-19-20(11-16)29(13-27-19)22-12-21(23(35-22)24(30)32-4)34-15(3)17-7-5-6-8-18(17)26/h5-15H,1-4H3,(H,28,31). The van der Waals surface area contributed by atoms with Crippen molar-refractivity contribution in [3.63, 3.8) is 0 Å². The van der Waals surface area contributed by atoms with Crippen molar-refractivity contribution >= 4 is 51.7 Å². The van der Waals surface area contributed by atoms with Gasteiger partial charge in [0.2, 0.25) is 0 Å². The average molecular weight is 514 g/mol. The summed E-state index contributed by atoms with van der Waals surface area (Å²) in [6.07, 6.45) is 0.462. The molecule has 2 aromatic carbocycles. The molecule has 0 radical (unpaired) electrons. The average Bonchev–Trinajstić information content (AvgIpc) is 3.42. The second kappa shape index (κ2) is 10.4. The lowest BCUT2D eigenvalue weighted by atomic mass is 10.1. The van der Waals surface area contributed by atoms with E-state index >= 15 is 0 Å². The number of nitrogens with zero attached hydrogens (tertiary/aromatic N) is 2. The van der Waals surface area contributed by atoms with Crippen LogP contribution in [0.5, 0.6) is 5.75 Å². The molecule has 35 heavy (non-hydrogen) atoms. The van der Waals surface area contributed by atoms with Crippen LogP contribution in [0.4, 0.5) is 10.5 Å². The van der Waals surface area contributed by atoms with Crippen LogP contribution >= 0.6 is 22.9 Å². The van der Waals surface area contributed by atoms with Crippen LogP contribution in [0.15, 0.2) is 54.9 Å². The maximum atomic E-state index is 12.5. The van der Waals surface area contributed by atoms with Gasteiger partial charge < -0.3 is 14.2 Å². The topological polar surface area (TPSA) is 91.7 Å². The molecule has 0 saturated heterocycles. The molecule has 0 spiro atoms. The molecule has 1 N–H and O–H groups in total. The highest BCUT2D eigenvalue weighted by molar-refractivity contribution is 7.16. The van der Waals surface area contributed by atoms with Crippen molar-refractivity contribution in [2.75, 3.05) is 12.4 Å². The van der Waals surface area contributed by atoms with Gasteiger partial charge in [0.1, 0.15) is 23.2 Å². The Morgan fingerprint density at radius 1 is 1.11 bits per heavy atom. The largest absolute Gasteiger partial charge is 0.484 e. The zero-order valence-corrected chi connectivity index (χ0v) is 21.1. The molecule has 182 valence electrons. The summed E-state index contributed by atoms with van der Waals surface area (Å²) in [4.78, 5) is 29.3. The maximum Gasteiger partial charge on any atom is 0.411 e. The van der Waals surface area contributed by atoms with E-state index in [1.165, 1.54) is 18.4 Å². The fourth-order valence-electron chi connectivity index (χ4n) is 3.48. The molecule has 1 unspecified atom stereocenters. The van der Waals surface area contributed by atoms with Crippen LogP contribution < -0.4 is 10.1 Å². The number of methoxy groups -OCH3 is 1. The van der Waals surface area contributed by atoms with E-state index in [0.29, 0.717) is 31.9 Å². The van der Waals surface area contributed by atoms with Gasteiger partial charge in [0.25, 0.3) is 0 Å². The maximum absolute atomic E-state index is 12.5. The molecule has 8 nitrogen and oxygen atoms in total. The molecule has 4 aromatic rings. The zero-order chi connectivity index (χ0) is 25.1. The van der Waals surface area contributed by atoms with Crippen LogP contribution in [0.3, 0.4) is 0 Å². The first-order chi connectivity index (χ1) is 16.8. The summed E-state index contributed by atoms with van der Waals surface area (Å²) in [5, 5.41) is 3.98. The molecule has 2 aromatic heterocycles. The smallest absolute Gasteiger partial charge is 0.411 e. The van der Waals surface area contributed by atoms with Gasteiger partial charge in [-0.15, -0.1) is 11.3 Å². The summed E-state index contributed by atoms with van der Waals surface area (Å²) < 4.78 is 18.1. The van der Waals surface area contributed by atoms with Gasteiger partial charge in [-0.25, -0.2) is 14.6 Å². The number of aromatic nitrogens is 2. The molecule has 1 amide bonds. The predicted molar refractivity (Wildman–Crippen MR) is 136 cm³/mol. The molecular weight excluding hydrogens is 490 g/mol. The Hall–Kier alpha value is -3.56. The fourth-order valence-corrected chi connectivity index (χ4v) is 4.77. The Bertz CT molecular complexity index is 1380. The number of hydrogen-bond acceptors (Lipinski definition) is 7. The molecular formula is C25H24ClN3O5S. The van der Waals surface area contributed by atoms with Gasteiger partial charge in [0.15, 0.2) is 4.88 Å². The number of ether oxygens (including phenoxy) is 3. The molecule has 0 saturated carbocycles. The third kappa shape index (κ3) is 5.41. The van der Waals surface area contributed by atoms with Crippen molar-refractivity contribution < 1.29 is 23.8 Å². The van der Waals surface area contributed by atoms with Crippen molar-refractivity contribution in [2.45, 2.75) is 33.0 Å².